The van der Waals surface area contributed by atoms with Crippen molar-refractivity contribution in [3.05, 3.63) is 54.5 Å². The number of aliphatic carboxylic acids is 1. The number of nitrogens with one attached hydrogen (secondary N) is 3. The lowest BCUT2D eigenvalue weighted by atomic mass is 10.2. The van der Waals surface area contributed by atoms with Gasteiger partial charge in [0.2, 0.25) is 5.95 Å². The number of nitrogens with zero attached hydrogens (tertiary/aromatic N) is 3. The van der Waals surface area contributed by atoms with Gasteiger partial charge in [-0.15, -0.1) is 0 Å². The summed E-state index contributed by atoms with van der Waals surface area (Å²) in [5.41, 5.74) is 1.16. The summed E-state index contributed by atoms with van der Waals surface area (Å²) in [5, 5.41) is 21.1. The van der Waals surface area contributed by atoms with Gasteiger partial charge in [-0.1, -0.05) is 0 Å². The molecule has 16 heteroatoms. The molecule has 4 N–H and O–H groups in total. The van der Waals surface area contributed by atoms with Crippen LogP contribution in [0.5, 0.6) is 5.75 Å². The number of halogens is 4. The van der Waals surface area contributed by atoms with Crippen LogP contribution in [0.15, 0.2) is 53.6 Å². The molecule has 4 aromatic rings. The van der Waals surface area contributed by atoms with E-state index in [9.17, 15) is 26.0 Å². The monoisotopic (exact) mass is 542 g/mol. The number of aromatic nitrogens is 4. The molecular formula is C21H18F4N6O5S. The van der Waals surface area contributed by atoms with Crippen LogP contribution < -0.4 is 15.4 Å². The summed E-state index contributed by atoms with van der Waals surface area (Å²) in [6.07, 6.45) is -2.62. The Morgan fingerprint density at radius 2 is 1.81 bits per heavy atom. The zero-order valence-electron chi connectivity index (χ0n) is 19.0. The third kappa shape index (κ3) is 7.03. The van der Waals surface area contributed by atoms with Gasteiger partial charge in [0.25, 0.3) is 0 Å². The Hall–Kier alpha value is -4.47. The Kier molecular flexibility index (Phi) is 7.81. The first kappa shape index (κ1) is 27.1. The van der Waals surface area contributed by atoms with Gasteiger partial charge in [0.1, 0.15) is 22.3 Å². The van der Waals surface area contributed by atoms with Crippen LogP contribution in [0.1, 0.15) is 0 Å². The molecule has 0 radical (unpaired) electrons. The molecule has 0 fully saturated rings. The number of hydrogen-bond acceptors (Lipinski definition) is 9. The molecule has 4 rings (SSSR count). The van der Waals surface area contributed by atoms with E-state index in [1.807, 2.05) is 18.2 Å². The number of alkyl halides is 3. The molecule has 0 aliphatic rings. The smallest absolute Gasteiger partial charge is 0.490 e. The Morgan fingerprint density at radius 1 is 1.11 bits per heavy atom. The molecule has 37 heavy (non-hydrogen) atoms. The molecular weight excluding hydrogens is 524 g/mol. The maximum atomic E-state index is 13.8. The summed E-state index contributed by atoms with van der Waals surface area (Å²) in [5.74, 6) is -1.69. The van der Waals surface area contributed by atoms with Gasteiger partial charge in [-0.3, -0.25) is 5.10 Å². The van der Waals surface area contributed by atoms with Crippen LogP contribution >= 0.6 is 0 Å². The number of ether oxygens (including phenoxy) is 1. The van der Waals surface area contributed by atoms with Crippen LogP contribution in [0.3, 0.4) is 0 Å². The second-order valence-electron chi connectivity index (χ2n) is 7.22. The van der Waals surface area contributed by atoms with Gasteiger partial charge in [0.15, 0.2) is 15.7 Å². The largest absolute Gasteiger partial charge is 0.497 e. The molecule has 2 aromatic heterocycles. The highest BCUT2D eigenvalue weighted by molar-refractivity contribution is 7.90. The number of benzene rings is 2. The molecule has 0 atom stereocenters. The van der Waals surface area contributed by atoms with E-state index in [2.05, 4.69) is 30.8 Å². The van der Waals surface area contributed by atoms with Crippen LogP contribution in [-0.4, -0.2) is 59.2 Å². The molecule has 196 valence electrons. The normalized spacial score (nSPS) is 11.4. The van der Waals surface area contributed by atoms with Crippen LogP contribution in [0, 0.1) is 5.82 Å². The molecule has 0 aliphatic carbocycles. The third-order valence-corrected chi connectivity index (χ3v) is 5.61. The average Bonchev–Trinajstić information content (AvgIpc) is 3.21. The average molecular weight is 542 g/mol. The number of fused-ring (bicyclic) bond motifs is 1. The van der Waals surface area contributed by atoms with Gasteiger partial charge in [-0.05, 0) is 42.5 Å². The zero-order valence-corrected chi connectivity index (χ0v) is 19.8. The molecule has 2 heterocycles. The standard InChI is InChI=1S/C19H17FN6O3S.C2HF3O2/c1-29-12-4-6-15-13(10-12)18(26-25-15)23-17-7-8-21-19(24-17)22-11-3-5-14(20)16(9-11)30(2,27)28;3-2(4,5)1(6)7/h3-10H,1-2H3,(H3,21,22,23,24,25,26);(H,6,7). The second-order valence-corrected chi connectivity index (χ2v) is 9.20. The number of H-pyrrole nitrogens is 1. The minimum Gasteiger partial charge on any atom is -0.497 e. The van der Waals surface area contributed by atoms with E-state index >= 15 is 0 Å². The van der Waals surface area contributed by atoms with Gasteiger partial charge in [-0.25, -0.2) is 22.6 Å². The highest BCUT2D eigenvalue weighted by Crippen LogP contribution is 2.27. The summed E-state index contributed by atoms with van der Waals surface area (Å²) in [6.45, 7) is 0. The van der Waals surface area contributed by atoms with Crippen LogP contribution in [0.25, 0.3) is 10.9 Å². The summed E-state index contributed by atoms with van der Waals surface area (Å²) in [4.78, 5) is 17.0. The van der Waals surface area contributed by atoms with Crippen LogP contribution in [0.4, 0.5) is 40.8 Å². The molecule has 11 nitrogen and oxygen atoms in total. The van der Waals surface area contributed by atoms with E-state index in [-0.39, 0.29) is 5.95 Å². The molecule has 0 spiro atoms. The Morgan fingerprint density at radius 3 is 2.43 bits per heavy atom. The number of sulfone groups is 1. The lowest BCUT2D eigenvalue weighted by molar-refractivity contribution is -0.192. The quantitative estimate of drug-likeness (QED) is 0.262. The Labute approximate surface area is 206 Å². The zero-order chi connectivity index (χ0) is 27.4. The summed E-state index contributed by atoms with van der Waals surface area (Å²) < 4.78 is 74.2. The predicted octanol–water partition coefficient (Wildman–Crippen LogP) is 4.02. The fourth-order valence-electron chi connectivity index (χ4n) is 2.82. The number of anilines is 4. The first-order valence-corrected chi connectivity index (χ1v) is 11.9. The molecule has 0 saturated heterocycles. The van der Waals surface area contributed by atoms with Crippen molar-refractivity contribution in [1.82, 2.24) is 20.2 Å². The third-order valence-electron chi connectivity index (χ3n) is 4.50. The summed E-state index contributed by atoms with van der Waals surface area (Å²) in [6, 6.07) is 10.8. The van der Waals surface area contributed by atoms with Crippen LogP contribution in [0.2, 0.25) is 0 Å². The summed E-state index contributed by atoms with van der Waals surface area (Å²) in [7, 11) is -2.12. The van der Waals surface area contributed by atoms with Crippen molar-refractivity contribution < 1.29 is 40.6 Å². The second kappa shape index (κ2) is 10.7. The topological polar surface area (TPSA) is 159 Å². The van der Waals surface area contributed by atoms with Gasteiger partial charge >= 0.3 is 12.1 Å². The van der Waals surface area contributed by atoms with Crippen molar-refractivity contribution in [2.45, 2.75) is 11.1 Å². The first-order valence-electron chi connectivity index (χ1n) is 9.97. The maximum absolute atomic E-state index is 13.8. The predicted molar refractivity (Wildman–Crippen MR) is 124 cm³/mol. The van der Waals surface area contributed by atoms with E-state index < -0.39 is 32.7 Å². The van der Waals surface area contributed by atoms with E-state index in [1.54, 1.807) is 13.2 Å². The maximum Gasteiger partial charge on any atom is 0.490 e. The molecule has 0 unspecified atom stereocenters. The minimum absolute atomic E-state index is 0.198. The first-order chi connectivity index (χ1) is 17.3. The Bertz CT molecular complexity index is 1540. The molecule has 0 saturated carbocycles. The van der Waals surface area contributed by atoms with Crippen molar-refractivity contribution in [3.63, 3.8) is 0 Å². The van der Waals surface area contributed by atoms with Crippen molar-refractivity contribution in [1.29, 1.82) is 0 Å². The minimum atomic E-state index is -5.08. The summed E-state index contributed by atoms with van der Waals surface area (Å²) >= 11 is 0. The van der Waals surface area contributed by atoms with E-state index in [0.29, 0.717) is 23.1 Å². The fourth-order valence-corrected chi connectivity index (χ4v) is 3.58. The lowest BCUT2D eigenvalue weighted by Crippen LogP contribution is -2.21. The number of rotatable bonds is 6. The van der Waals surface area contributed by atoms with Crippen molar-refractivity contribution >= 4 is 50.0 Å². The molecule has 0 aliphatic heterocycles. The van der Waals surface area contributed by atoms with Crippen LogP contribution in [-0.2, 0) is 14.6 Å². The van der Waals surface area contributed by atoms with Gasteiger partial charge in [0, 0.05) is 23.5 Å². The van der Waals surface area contributed by atoms with Crippen molar-refractivity contribution in [2.24, 2.45) is 0 Å². The number of hydrogen-bond donors (Lipinski definition) is 4. The van der Waals surface area contributed by atoms with Gasteiger partial charge in [0.05, 0.1) is 12.6 Å². The van der Waals surface area contributed by atoms with E-state index in [4.69, 9.17) is 14.6 Å². The molecule has 2 aromatic carbocycles. The number of carbonyl (C=O) groups is 1. The van der Waals surface area contributed by atoms with Gasteiger partial charge in [-0.2, -0.15) is 23.3 Å². The fraction of sp³-hybridized carbons (Fsp3) is 0.143. The molecule has 0 amide bonds. The number of carboxylic acid groups (broad SMARTS) is 1. The SMILES string of the molecule is COc1ccc2[nH]nc(Nc3ccnc(Nc4ccc(F)c(S(C)(=O)=O)c4)n3)c2c1.O=C(O)C(F)(F)F. The highest BCUT2D eigenvalue weighted by atomic mass is 32.2. The number of aromatic amines is 1. The van der Waals surface area contributed by atoms with Gasteiger partial charge < -0.3 is 20.5 Å². The highest BCUT2D eigenvalue weighted by Gasteiger charge is 2.38. The molecule has 0 bridgehead atoms. The Balaban J connectivity index is 0.000000479. The lowest BCUT2D eigenvalue weighted by Gasteiger charge is -2.09. The number of carboxylic acids is 1. The van der Waals surface area contributed by atoms with Crippen molar-refractivity contribution in [3.8, 4) is 5.75 Å². The van der Waals surface area contributed by atoms with Crippen molar-refractivity contribution in [2.75, 3.05) is 24.0 Å². The van der Waals surface area contributed by atoms with E-state index in [1.165, 1.54) is 18.3 Å². The van der Waals surface area contributed by atoms with E-state index in [0.717, 1.165) is 23.2 Å². The number of methoxy groups -OCH3 is 1.